The Labute approximate surface area is 127 Å². The third-order valence-electron chi connectivity index (χ3n) is 3.72. The van der Waals surface area contributed by atoms with Crippen molar-refractivity contribution in [3.05, 3.63) is 23.8 Å². The number of amides is 1. The first-order chi connectivity index (χ1) is 9.99. The number of ether oxygens (including phenoxy) is 1. The van der Waals surface area contributed by atoms with Crippen LogP contribution >= 0.6 is 0 Å². The van der Waals surface area contributed by atoms with Crippen molar-refractivity contribution < 1.29 is 13.7 Å². The maximum absolute atomic E-state index is 12.4. The quantitative estimate of drug-likeness (QED) is 0.831. The van der Waals surface area contributed by atoms with E-state index in [1.807, 2.05) is 6.92 Å². The van der Waals surface area contributed by atoms with Crippen LogP contribution in [0.4, 0.5) is 11.4 Å². The maximum atomic E-state index is 12.4. The van der Waals surface area contributed by atoms with E-state index in [4.69, 9.17) is 10.5 Å². The normalized spacial score (nSPS) is 19.0. The molecule has 6 heteroatoms. The van der Waals surface area contributed by atoms with Crippen LogP contribution in [0.3, 0.4) is 0 Å². The lowest BCUT2D eigenvalue weighted by molar-refractivity contribution is -0.115. The number of hydrogen-bond donors (Lipinski definition) is 2. The molecule has 2 atom stereocenters. The van der Waals surface area contributed by atoms with Gasteiger partial charge in [-0.2, -0.15) is 0 Å². The van der Waals surface area contributed by atoms with Crippen LogP contribution in [0.1, 0.15) is 25.3 Å². The molecule has 2 unspecified atom stereocenters. The fraction of sp³-hybridized carbons (Fsp3) is 0.533. The van der Waals surface area contributed by atoms with E-state index in [1.54, 1.807) is 25.1 Å². The largest absolute Gasteiger partial charge is 0.399 e. The van der Waals surface area contributed by atoms with Crippen molar-refractivity contribution in [2.45, 2.75) is 37.2 Å². The Kier molecular flexibility index (Phi) is 5.36. The van der Waals surface area contributed by atoms with Crippen molar-refractivity contribution in [3.63, 3.8) is 0 Å². The van der Waals surface area contributed by atoms with Crippen molar-refractivity contribution in [2.75, 3.05) is 24.3 Å². The lowest BCUT2D eigenvalue weighted by Gasteiger charge is -2.24. The lowest BCUT2D eigenvalue weighted by Crippen LogP contribution is -2.37. The first-order valence-electron chi connectivity index (χ1n) is 7.13. The number of nitrogens with two attached hydrogens (primary N) is 1. The van der Waals surface area contributed by atoms with E-state index in [1.165, 1.54) is 0 Å². The Morgan fingerprint density at radius 1 is 1.43 bits per heavy atom. The standard InChI is InChI=1S/C15H22N2O3S/c1-10-9-12(16)3-4-14(10)17-15(18)11(2)21(19)13-5-7-20-8-6-13/h3-4,9,11,13H,5-8,16H2,1-2H3,(H,17,18). The van der Waals surface area contributed by atoms with Crippen molar-refractivity contribution in [2.24, 2.45) is 0 Å². The van der Waals surface area contributed by atoms with E-state index in [2.05, 4.69) is 5.32 Å². The molecule has 0 spiro atoms. The number of aryl methyl sites for hydroxylation is 1. The molecule has 1 amide bonds. The van der Waals surface area contributed by atoms with Gasteiger partial charge in [-0.05, 0) is 50.5 Å². The summed E-state index contributed by atoms with van der Waals surface area (Å²) >= 11 is 0. The second kappa shape index (κ2) is 7.04. The van der Waals surface area contributed by atoms with Crippen molar-refractivity contribution >= 4 is 28.1 Å². The van der Waals surface area contributed by atoms with E-state index in [-0.39, 0.29) is 11.2 Å². The van der Waals surface area contributed by atoms with Crippen LogP contribution in [0, 0.1) is 6.92 Å². The van der Waals surface area contributed by atoms with Gasteiger partial charge in [0.25, 0.3) is 0 Å². The smallest absolute Gasteiger partial charge is 0.239 e. The summed E-state index contributed by atoms with van der Waals surface area (Å²) in [5.41, 5.74) is 7.96. The molecule has 0 aliphatic carbocycles. The van der Waals surface area contributed by atoms with Crippen LogP contribution < -0.4 is 11.1 Å². The monoisotopic (exact) mass is 310 g/mol. The van der Waals surface area contributed by atoms with Crippen LogP contribution in [-0.4, -0.2) is 33.8 Å². The number of hydrogen-bond acceptors (Lipinski definition) is 4. The molecular weight excluding hydrogens is 288 g/mol. The van der Waals surface area contributed by atoms with Gasteiger partial charge < -0.3 is 15.8 Å². The summed E-state index contributed by atoms with van der Waals surface area (Å²) in [5.74, 6) is -0.215. The Balaban J connectivity index is 2.00. The van der Waals surface area contributed by atoms with Gasteiger partial charge in [0.1, 0.15) is 5.25 Å². The number of benzene rings is 1. The van der Waals surface area contributed by atoms with Gasteiger partial charge in [-0.1, -0.05) is 0 Å². The van der Waals surface area contributed by atoms with Crippen LogP contribution in [0.15, 0.2) is 18.2 Å². The summed E-state index contributed by atoms with van der Waals surface area (Å²) in [5, 5.41) is 2.35. The third-order valence-corrected chi connectivity index (χ3v) is 5.76. The van der Waals surface area contributed by atoms with Crippen LogP contribution in [0.5, 0.6) is 0 Å². The number of nitrogens with one attached hydrogen (secondary N) is 1. The number of nitrogen functional groups attached to an aromatic ring is 1. The van der Waals surface area contributed by atoms with Gasteiger partial charge in [-0.15, -0.1) is 0 Å². The van der Waals surface area contributed by atoms with Gasteiger partial charge in [0, 0.05) is 40.6 Å². The van der Waals surface area contributed by atoms with Gasteiger partial charge >= 0.3 is 0 Å². The Morgan fingerprint density at radius 3 is 2.71 bits per heavy atom. The van der Waals surface area contributed by atoms with Crippen molar-refractivity contribution in [3.8, 4) is 0 Å². The fourth-order valence-electron chi connectivity index (χ4n) is 2.36. The molecular formula is C15H22N2O3S. The summed E-state index contributed by atoms with van der Waals surface area (Å²) in [6, 6.07) is 5.31. The maximum Gasteiger partial charge on any atom is 0.239 e. The molecule has 1 aromatic rings. The molecule has 2 rings (SSSR count). The van der Waals surface area contributed by atoms with Gasteiger partial charge in [0.15, 0.2) is 0 Å². The molecule has 0 radical (unpaired) electrons. The minimum atomic E-state index is -1.18. The molecule has 1 aliphatic heterocycles. The SMILES string of the molecule is Cc1cc(N)ccc1NC(=O)C(C)S(=O)C1CCOCC1. The zero-order valence-electron chi connectivity index (χ0n) is 12.4. The highest BCUT2D eigenvalue weighted by molar-refractivity contribution is 7.87. The molecule has 0 saturated carbocycles. The zero-order valence-corrected chi connectivity index (χ0v) is 13.2. The van der Waals surface area contributed by atoms with Gasteiger partial charge in [-0.3, -0.25) is 9.00 Å². The predicted octanol–water partition coefficient (Wildman–Crippen LogP) is 1.83. The highest BCUT2D eigenvalue weighted by atomic mass is 32.2. The molecule has 1 aromatic carbocycles. The number of rotatable bonds is 4. The van der Waals surface area contributed by atoms with Gasteiger partial charge in [0.05, 0.1) is 0 Å². The van der Waals surface area contributed by atoms with Crippen molar-refractivity contribution in [1.82, 2.24) is 0 Å². The number of carbonyl (C=O) groups excluding carboxylic acids is 1. The topological polar surface area (TPSA) is 81.4 Å². The molecule has 0 bridgehead atoms. The molecule has 5 nitrogen and oxygen atoms in total. The molecule has 1 saturated heterocycles. The molecule has 3 N–H and O–H groups in total. The number of anilines is 2. The highest BCUT2D eigenvalue weighted by Gasteiger charge is 2.28. The molecule has 1 fully saturated rings. The summed E-state index contributed by atoms with van der Waals surface area (Å²) in [4.78, 5) is 12.3. The minimum absolute atomic E-state index is 0.0482. The average molecular weight is 310 g/mol. The Morgan fingerprint density at radius 2 is 2.10 bits per heavy atom. The van der Waals surface area contributed by atoms with Crippen molar-refractivity contribution in [1.29, 1.82) is 0 Å². The minimum Gasteiger partial charge on any atom is -0.399 e. The fourth-order valence-corrected chi connectivity index (χ4v) is 3.87. The lowest BCUT2D eigenvalue weighted by atomic mass is 10.2. The van der Waals surface area contributed by atoms with Crippen LogP contribution in [0.25, 0.3) is 0 Å². The summed E-state index contributed by atoms with van der Waals surface area (Å²) in [7, 11) is -1.18. The summed E-state index contributed by atoms with van der Waals surface area (Å²) in [6.45, 7) is 4.85. The third kappa shape index (κ3) is 4.04. The highest BCUT2D eigenvalue weighted by Crippen LogP contribution is 2.20. The summed E-state index contributed by atoms with van der Waals surface area (Å²) < 4.78 is 17.7. The molecule has 116 valence electrons. The molecule has 21 heavy (non-hydrogen) atoms. The van der Waals surface area contributed by atoms with Crippen LogP contribution in [0.2, 0.25) is 0 Å². The van der Waals surface area contributed by atoms with Gasteiger partial charge in [0.2, 0.25) is 5.91 Å². The summed E-state index contributed by atoms with van der Waals surface area (Å²) in [6.07, 6.45) is 1.51. The Bertz CT molecular complexity index is 542. The van der Waals surface area contributed by atoms with E-state index >= 15 is 0 Å². The van der Waals surface area contributed by atoms with Gasteiger partial charge in [-0.25, -0.2) is 0 Å². The van der Waals surface area contributed by atoms with E-state index in [0.29, 0.717) is 24.6 Å². The molecule has 0 aromatic heterocycles. The first-order valence-corrected chi connectivity index (χ1v) is 8.40. The van der Waals surface area contributed by atoms with Crippen LogP contribution in [-0.2, 0) is 20.3 Å². The average Bonchev–Trinajstić information content (AvgIpc) is 2.49. The Hall–Kier alpha value is -1.40. The first kappa shape index (κ1) is 16.0. The second-order valence-corrected chi connectivity index (χ2v) is 7.38. The number of carbonyl (C=O) groups is 1. The predicted molar refractivity (Wildman–Crippen MR) is 85.7 cm³/mol. The molecule has 1 aliphatic rings. The molecule has 1 heterocycles. The second-order valence-electron chi connectivity index (χ2n) is 5.35. The van der Waals surface area contributed by atoms with E-state index in [0.717, 1.165) is 18.4 Å². The van der Waals surface area contributed by atoms with E-state index in [9.17, 15) is 9.00 Å². The van der Waals surface area contributed by atoms with E-state index < -0.39 is 16.0 Å². The zero-order chi connectivity index (χ0) is 15.4.